The molecular weight excluding hydrogens is 118 g/mol. The number of rotatable bonds is 3. The molecule has 0 heterocycles. The highest BCUT2D eigenvalue weighted by molar-refractivity contribution is 7.98. The first kappa shape index (κ1) is 8.02. The van der Waals surface area contributed by atoms with Gasteiger partial charge in [0.1, 0.15) is 0 Å². The van der Waals surface area contributed by atoms with Crippen LogP contribution in [0.25, 0.3) is 0 Å². The summed E-state index contributed by atoms with van der Waals surface area (Å²) in [6.45, 7) is 6.29. The van der Waals surface area contributed by atoms with Gasteiger partial charge in [-0.3, -0.25) is 0 Å². The fourth-order valence-corrected chi connectivity index (χ4v) is 0.718. The third kappa shape index (κ3) is 4.19. The van der Waals surface area contributed by atoms with Gasteiger partial charge in [0, 0.05) is 11.5 Å². The SMILES string of the molecule is C/C=N\SC(C)CC. The standard InChI is InChI=1S/C6H13NS/c1-4-6(3)8-7-5-2/h5-6H,4H2,1-3H3/b7-5-. The molecule has 0 amide bonds. The van der Waals surface area contributed by atoms with Crippen LogP contribution in [0.5, 0.6) is 0 Å². The lowest BCUT2D eigenvalue weighted by molar-refractivity contribution is 0.907. The van der Waals surface area contributed by atoms with Gasteiger partial charge in [-0.15, -0.1) is 0 Å². The molecule has 0 aliphatic carbocycles. The van der Waals surface area contributed by atoms with Crippen LogP contribution in [-0.4, -0.2) is 11.5 Å². The van der Waals surface area contributed by atoms with Crippen molar-refractivity contribution >= 4 is 18.2 Å². The predicted molar refractivity (Wildman–Crippen MR) is 41.5 cm³/mol. The zero-order chi connectivity index (χ0) is 6.41. The van der Waals surface area contributed by atoms with Crippen molar-refractivity contribution in [1.82, 2.24) is 0 Å². The molecule has 48 valence electrons. The maximum Gasteiger partial charge on any atom is 0.0235 e. The molecule has 0 radical (unpaired) electrons. The van der Waals surface area contributed by atoms with E-state index in [1.807, 2.05) is 13.1 Å². The fraction of sp³-hybridized carbons (Fsp3) is 0.833. The summed E-state index contributed by atoms with van der Waals surface area (Å²) in [6, 6.07) is 0. The van der Waals surface area contributed by atoms with Gasteiger partial charge in [-0.2, -0.15) is 0 Å². The zero-order valence-corrected chi connectivity index (χ0v) is 6.53. The zero-order valence-electron chi connectivity index (χ0n) is 5.72. The Kier molecular flexibility index (Phi) is 5.18. The van der Waals surface area contributed by atoms with Crippen LogP contribution in [-0.2, 0) is 0 Å². The lowest BCUT2D eigenvalue weighted by Gasteiger charge is -1.99. The highest BCUT2D eigenvalue weighted by Crippen LogP contribution is 2.12. The average Bonchev–Trinajstić information content (AvgIpc) is 1.83. The normalized spacial score (nSPS) is 14.9. The Morgan fingerprint density at radius 3 is 2.75 bits per heavy atom. The lowest BCUT2D eigenvalue weighted by atomic mass is 10.4. The molecule has 0 aromatic rings. The second-order valence-electron chi connectivity index (χ2n) is 1.69. The van der Waals surface area contributed by atoms with Gasteiger partial charge in [0.2, 0.25) is 0 Å². The molecule has 0 fully saturated rings. The maximum atomic E-state index is 4.03. The van der Waals surface area contributed by atoms with E-state index in [0.717, 1.165) is 0 Å². The molecule has 0 aliphatic rings. The van der Waals surface area contributed by atoms with E-state index in [4.69, 9.17) is 0 Å². The minimum absolute atomic E-state index is 0.672. The molecule has 8 heavy (non-hydrogen) atoms. The Morgan fingerprint density at radius 2 is 2.38 bits per heavy atom. The molecule has 0 rings (SSSR count). The van der Waals surface area contributed by atoms with E-state index < -0.39 is 0 Å². The molecule has 1 unspecified atom stereocenters. The summed E-state index contributed by atoms with van der Waals surface area (Å²) in [4.78, 5) is 0. The number of nitrogens with zero attached hydrogens (tertiary/aromatic N) is 1. The van der Waals surface area contributed by atoms with E-state index in [2.05, 4.69) is 18.2 Å². The van der Waals surface area contributed by atoms with Crippen LogP contribution in [0.2, 0.25) is 0 Å². The van der Waals surface area contributed by atoms with Crippen LogP contribution in [0.15, 0.2) is 4.40 Å². The third-order valence-electron chi connectivity index (χ3n) is 0.921. The van der Waals surface area contributed by atoms with Crippen molar-refractivity contribution < 1.29 is 0 Å². The highest BCUT2D eigenvalue weighted by atomic mass is 32.2. The molecule has 0 bridgehead atoms. The Hall–Kier alpha value is 0.0200. The Labute approximate surface area is 55.7 Å². The second-order valence-corrected chi connectivity index (χ2v) is 2.91. The van der Waals surface area contributed by atoms with Gasteiger partial charge < -0.3 is 0 Å². The van der Waals surface area contributed by atoms with Crippen molar-refractivity contribution in [3.8, 4) is 0 Å². The van der Waals surface area contributed by atoms with Crippen LogP contribution in [0.1, 0.15) is 27.2 Å². The predicted octanol–water partition coefficient (Wildman–Crippen LogP) is 2.52. The van der Waals surface area contributed by atoms with Gasteiger partial charge in [-0.05, 0) is 25.3 Å². The smallest absolute Gasteiger partial charge is 0.0235 e. The molecule has 0 N–H and O–H groups in total. The van der Waals surface area contributed by atoms with E-state index in [1.165, 1.54) is 6.42 Å². The van der Waals surface area contributed by atoms with Crippen LogP contribution in [0.4, 0.5) is 0 Å². The monoisotopic (exact) mass is 131 g/mol. The summed E-state index contributed by atoms with van der Waals surface area (Å²) in [5.74, 6) is 0. The van der Waals surface area contributed by atoms with Crippen LogP contribution >= 0.6 is 11.9 Å². The summed E-state index contributed by atoms with van der Waals surface area (Å²) in [6.07, 6.45) is 3.03. The minimum atomic E-state index is 0.672. The summed E-state index contributed by atoms with van der Waals surface area (Å²) < 4.78 is 4.03. The Bertz CT molecular complexity index is 70.9. The first-order valence-electron chi connectivity index (χ1n) is 2.95. The van der Waals surface area contributed by atoms with E-state index in [-0.39, 0.29) is 0 Å². The van der Waals surface area contributed by atoms with Crippen LogP contribution in [0.3, 0.4) is 0 Å². The summed E-state index contributed by atoms with van der Waals surface area (Å²) >= 11 is 1.65. The van der Waals surface area contributed by atoms with E-state index >= 15 is 0 Å². The largest absolute Gasteiger partial charge is 0.229 e. The summed E-state index contributed by atoms with van der Waals surface area (Å²) in [5.41, 5.74) is 0. The van der Waals surface area contributed by atoms with Gasteiger partial charge in [0.25, 0.3) is 0 Å². The maximum absolute atomic E-state index is 4.03. The molecule has 0 aromatic carbocycles. The van der Waals surface area contributed by atoms with Crippen molar-refractivity contribution in [2.75, 3.05) is 0 Å². The van der Waals surface area contributed by atoms with Gasteiger partial charge >= 0.3 is 0 Å². The molecule has 0 saturated heterocycles. The van der Waals surface area contributed by atoms with Gasteiger partial charge in [-0.1, -0.05) is 13.8 Å². The van der Waals surface area contributed by atoms with Gasteiger partial charge in [0.05, 0.1) is 0 Å². The van der Waals surface area contributed by atoms with Crippen molar-refractivity contribution in [3.63, 3.8) is 0 Å². The first-order chi connectivity index (χ1) is 3.81. The Balaban J connectivity index is 3.10. The minimum Gasteiger partial charge on any atom is -0.229 e. The first-order valence-corrected chi connectivity index (χ1v) is 3.78. The number of hydrogen-bond acceptors (Lipinski definition) is 2. The summed E-state index contributed by atoms with van der Waals surface area (Å²) in [7, 11) is 0. The van der Waals surface area contributed by atoms with Gasteiger partial charge in [-0.25, -0.2) is 4.40 Å². The quantitative estimate of drug-likeness (QED) is 0.423. The molecule has 0 aromatic heterocycles. The van der Waals surface area contributed by atoms with E-state index in [0.29, 0.717) is 5.25 Å². The molecule has 1 nitrogen and oxygen atoms in total. The van der Waals surface area contributed by atoms with Crippen molar-refractivity contribution in [2.45, 2.75) is 32.4 Å². The van der Waals surface area contributed by atoms with E-state index in [9.17, 15) is 0 Å². The third-order valence-corrected chi connectivity index (χ3v) is 1.95. The highest BCUT2D eigenvalue weighted by Gasteiger charge is 1.93. The van der Waals surface area contributed by atoms with Crippen molar-refractivity contribution in [3.05, 3.63) is 0 Å². The Morgan fingerprint density at radius 1 is 1.75 bits per heavy atom. The lowest BCUT2D eigenvalue weighted by Crippen LogP contribution is -1.88. The molecular formula is C6H13NS. The molecule has 2 heteroatoms. The van der Waals surface area contributed by atoms with Crippen LogP contribution < -0.4 is 0 Å². The average molecular weight is 131 g/mol. The molecule has 1 atom stereocenters. The topological polar surface area (TPSA) is 12.4 Å². The van der Waals surface area contributed by atoms with Gasteiger partial charge in [0.15, 0.2) is 0 Å². The van der Waals surface area contributed by atoms with E-state index in [1.54, 1.807) is 11.9 Å². The fourth-order valence-electron chi connectivity index (χ4n) is 0.239. The second kappa shape index (κ2) is 5.16. The van der Waals surface area contributed by atoms with Crippen LogP contribution in [0, 0.1) is 0 Å². The van der Waals surface area contributed by atoms with Crippen molar-refractivity contribution in [1.29, 1.82) is 0 Å². The molecule has 0 spiro atoms. The molecule has 0 aliphatic heterocycles. The number of hydrogen-bond donors (Lipinski definition) is 0. The molecule has 0 saturated carbocycles. The summed E-state index contributed by atoms with van der Waals surface area (Å²) in [5, 5.41) is 0.672. The van der Waals surface area contributed by atoms with Crippen molar-refractivity contribution in [2.24, 2.45) is 4.40 Å².